The Morgan fingerprint density at radius 2 is 0.849 bits per heavy atom. The first-order valence-electron chi connectivity index (χ1n) is 17.4. The van der Waals surface area contributed by atoms with Crippen molar-refractivity contribution in [1.29, 1.82) is 0 Å². The molecule has 0 radical (unpaired) electrons. The Hall–Kier alpha value is -4.47. The van der Waals surface area contributed by atoms with E-state index in [0.29, 0.717) is 0 Å². The number of pyridine rings is 3. The van der Waals surface area contributed by atoms with Crippen molar-refractivity contribution in [2.24, 2.45) is 0 Å². The average Bonchev–Trinajstić information content (AvgIpc) is 3.22. The van der Waals surface area contributed by atoms with E-state index in [1.54, 1.807) is 12.4 Å². The first-order chi connectivity index (χ1) is 25.6. The first-order valence-corrected chi connectivity index (χ1v) is 20.8. The predicted molar refractivity (Wildman–Crippen MR) is 222 cm³/mol. The van der Waals surface area contributed by atoms with Crippen LogP contribution in [0, 0.1) is 0 Å². The molecule has 0 spiro atoms. The molecule has 0 aliphatic carbocycles. The first kappa shape index (κ1) is 41.3. The van der Waals surface area contributed by atoms with Crippen LogP contribution in [0.25, 0.3) is 11.4 Å². The third kappa shape index (κ3) is 13.8. The molecule has 9 heteroatoms. The number of unbranched alkanes of at least 4 members (excludes halogenated alkanes) is 1. The van der Waals surface area contributed by atoms with Crippen LogP contribution in [0.3, 0.4) is 0 Å². The molecule has 270 valence electrons. The van der Waals surface area contributed by atoms with Crippen molar-refractivity contribution in [3.8, 4) is 11.4 Å². The van der Waals surface area contributed by atoms with Crippen molar-refractivity contribution >= 4 is 37.1 Å². The van der Waals surface area contributed by atoms with Gasteiger partial charge in [-0.2, -0.15) is 0 Å². The van der Waals surface area contributed by atoms with Gasteiger partial charge in [0.2, 0.25) is 5.56 Å². The molecule has 7 aromatic rings. The van der Waals surface area contributed by atoms with E-state index in [9.17, 15) is 4.79 Å². The Balaban J connectivity index is 0.000000222. The number of aromatic nitrogens is 3. The SMILES string of the molecule is O=c1ccc(C(O)O)c[nH]1.[Ru].c1ccc(-c2ccccn2)nc1.c1ccc([PH+](CCCC[PH+](c2ccccc2)c2ccccc2)c2ccccc2)cc1. The van der Waals surface area contributed by atoms with Gasteiger partial charge in [0.05, 0.1) is 60.8 Å². The standard InChI is InChI=1S/C28H28P2.C10H8N2.C6H7NO3.Ru/c1-5-15-25(16-6-1)29(26-17-7-2-8-18-26)23-13-14-24-30(27-19-9-3-10-20-27)28-21-11-4-12-22-28;1-3-7-11-9(5-1)10-6-2-4-8-12-10;8-5-2-1-4(3-7-5)6(9)10;/h1-12,15-22H,13-14,23-24H2;1-8H;1-3,6,9-10H,(H,7,8);/p+2. The van der Waals surface area contributed by atoms with Gasteiger partial charge in [-0.05, 0) is 91.7 Å². The van der Waals surface area contributed by atoms with E-state index < -0.39 is 22.1 Å². The van der Waals surface area contributed by atoms with Crippen molar-refractivity contribution in [3.63, 3.8) is 0 Å². The smallest absolute Gasteiger partial charge is 0.247 e. The number of H-pyrrole nitrogens is 1. The minimum atomic E-state index is -1.52. The molecule has 0 unspecified atom stereocenters. The Morgan fingerprint density at radius 3 is 1.13 bits per heavy atom. The Bertz CT molecular complexity index is 1820. The maximum absolute atomic E-state index is 10.4. The molecule has 53 heavy (non-hydrogen) atoms. The Kier molecular flexibility index (Phi) is 18.1. The number of hydrogen-bond acceptors (Lipinski definition) is 5. The van der Waals surface area contributed by atoms with E-state index in [1.165, 1.54) is 64.7 Å². The summed E-state index contributed by atoms with van der Waals surface area (Å²) < 4.78 is 0. The van der Waals surface area contributed by atoms with Gasteiger partial charge in [-0.3, -0.25) is 14.8 Å². The summed E-state index contributed by atoms with van der Waals surface area (Å²) in [6.45, 7) is 0. The summed E-state index contributed by atoms with van der Waals surface area (Å²) >= 11 is 0. The molecule has 0 fully saturated rings. The summed E-state index contributed by atoms with van der Waals surface area (Å²) in [6.07, 6.45) is 8.48. The van der Waals surface area contributed by atoms with Gasteiger partial charge in [0.15, 0.2) is 6.29 Å². The number of aromatic amines is 1. The summed E-state index contributed by atoms with van der Waals surface area (Å²) in [4.78, 5) is 21.1. The number of rotatable bonds is 11. The van der Waals surface area contributed by atoms with Crippen LogP contribution in [-0.2, 0) is 19.5 Å². The molecule has 7 rings (SSSR count). The van der Waals surface area contributed by atoms with Crippen molar-refractivity contribution in [2.45, 2.75) is 19.1 Å². The Labute approximate surface area is 327 Å². The summed E-state index contributed by atoms with van der Waals surface area (Å²) in [5.41, 5.74) is 1.85. The number of nitrogens with zero attached hydrogens (tertiary/aromatic N) is 2. The molecule has 0 aliphatic heterocycles. The van der Waals surface area contributed by atoms with E-state index in [4.69, 9.17) is 10.2 Å². The molecule has 0 atom stereocenters. The largest absolute Gasteiger partial charge is 0.364 e. The van der Waals surface area contributed by atoms with Gasteiger partial charge in [0.25, 0.3) is 0 Å². The normalized spacial score (nSPS) is 10.4. The molecule has 3 N–H and O–H groups in total. The van der Waals surface area contributed by atoms with Crippen LogP contribution in [0.2, 0.25) is 0 Å². The minimum Gasteiger partial charge on any atom is -0.364 e. The van der Waals surface area contributed by atoms with Crippen LogP contribution in [0.4, 0.5) is 0 Å². The molecule has 3 aromatic heterocycles. The zero-order valence-electron chi connectivity index (χ0n) is 29.4. The molecule has 0 amide bonds. The van der Waals surface area contributed by atoms with Crippen molar-refractivity contribution in [1.82, 2.24) is 15.0 Å². The molecular weight excluding hydrogens is 782 g/mol. The zero-order chi connectivity index (χ0) is 36.2. The second kappa shape index (κ2) is 23.3. The number of aliphatic hydroxyl groups excluding tert-OH is 1. The van der Waals surface area contributed by atoms with Gasteiger partial charge >= 0.3 is 0 Å². The van der Waals surface area contributed by atoms with Crippen molar-refractivity contribution in [3.05, 3.63) is 204 Å². The van der Waals surface area contributed by atoms with Crippen LogP contribution in [0.5, 0.6) is 0 Å². The molecule has 0 saturated carbocycles. The molecule has 0 saturated heterocycles. The topological polar surface area (TPSA) is 99.1 Å². The van der Waals surface area contributed by atoms with Crippen molar-refractivity contribution in [2.75, 3.05) is 12.3 Å². The fraction of sp³-hybridized carbons (Fsp3) is 0.114. The molecule has 0 aliphatic rings. The summed E-state index contributed by atoms with van der Waals surface area (Å²) in [6, 6.07) is 58.8. The number of nitrogens with one attached hydrogen (secondary N) is 1. The van der Waals surface area contributed by atoms with Gasteiger partial charge in [0, 0.05) is 49.7 Å². The van der Waals surface area contributed by atoms with Crippen molar-refractivity contribution < 1.29 is 29.7 Å². The van der Waals surface area contributed by atoms with E-state index >= 15 is 0 Å². The predicted octanol–water partition coefficient (Wildman–Crippen LogP) is 7.00. The van der Waals surface area contributed by atoms with E-state index in [1.807, 2.05) is 36.4 Å². The van der Waals surface area contributed by atoms with Crippen LogP contribution in [-0.4, -0.2) is 37.5 Å². The van der Waals surface area contributed by atoms with Crippen LogP contribution < -0.4 is 26.8 Å². The maximum Gasteiger partial charge on any atom is 0.247 e. The fourth-order valence-corrected chi connectivity index (χ4v) is 11.1. The van der Waals surface area contributed by atoms with Crippen LogP contribution in [0.15, 0.2) is 193 Å². The van der Waals surface area contributed by atoms with Gasteiger partial charge in [-0.25, -0.2) is 0 Å². The van der Waals surface area contributed by atoms with Gasteiger partial charge in [-0.1, -0.05) is 84.9 Å². The number of hydrogen-bond donors (Lipinski definition) is 3. The minimum absolute atomic E-state index is 0. The van der Waals surface area contributed by atoms with Crippen LogP contribution >= 0.6 is 15.8 Å². The second-order valence-electron chi connectivity index (χ2n) is 11.9. The zero-order valence-corrected chi connectivity index (χ0v) is 33.1. The molecule has 0 bridgehead atoms. The fourth-order valence-electron chi connectivity index (χ4n) is 5.68. The van der Waals surface area contributed by atoms with E-state index in [2.05, 4.69) is 136 Å². The molecule has 6 nitrogen and oxygen atoms in total. The molecule has 4 aromatic carbocycles. The van der Waals surface area contributed by atoms with E-state index in [-0.39, 0.29) is 30.6 Å². The van der Waals surface area contributed by atoms with Gasteiger partial charge in [-0.15, -0.1) is 0 Å². The summed E-state index contributed by atoms with van der Waals surface area (Å²) in [5.74, 6) is 0. The van der Waals surface area contributed by atoms with Crippen LogP contribution in [0.1, 0.15) is 24.7 Å². The van der Waals surface area contributed by atoms with Gasteiger partial charge in [0.1, 0.15) is 0 Å². The average molecular weight is 827 g/mol. The molecular formula is C44H45N3O3P2Ru+2. The third-order valence-corrected chi connectivity index (χ3v) is 14.1. The second-order valence-corrected chi connectivity index (χ2v) is 17.1. The van der Waals surface area contributed by atoms with E-state index in [0.717, 1.165) is 11.4 Å². The number of aliphatic hydroxyl groups is 2. The Morgan fingerprint density at radius 1 is 0.491 bits per heavy atom. The monoisotopic (exact) mass is 827 g/mol. The quantitative estimate of drug-likeness (QED) is 0.0566. The number of benzene rings is 4. The third-order valence-electron chi connectivity index (χ3n) is 8.29. The van der Waals surface area contributed by atoms with Gasteiger partial charge < -0.3 is 15.2 Å². The summed E-state index contributed by atoms with van der Waals surface area (Å²) in [5, 5.41) is 23.2. The maximum atomic E-state index is 10.4. The summed E-state index contributed by atoms with van der Waals surface area (Å²) in [7, 11) is -1.43. The molecule has 3 heterocycles.